The Morgan fingerprint density at radius 1 is 1.67 bits per heavy atom. The molecule has 90 valence electrons. The summed E-state index contributed by atoms with van der Waals surface area (Å²) in [4.78, 5) is 11.2. The third-order valence-electron chi connectivity index (χ3n) is 1.95. The molecule has 1 aliphatic heterocycles. The fourth-order valence-corrected chi connectivity index (χ4v) is 1.18. The van der Waals surface area contributed by atoms with Gasteiger partial charge in [0.2, 0.25) is 0 Å². The van der Waals surface area contributed by atoms with Gasteiger partial charge in [0, 0.05) is 13.1 Å². The van der Waals surface area contributed by atoms with Crippen molar-refractivity contribution in [1.82, 2.24) is 10.6 Å². The fourth-order valence-electron chi connectivity index (χ4n) is 1.18. The molecule has 2 unspecified atom stereocenters. The Balaban J connectivity index is 0.00000196. The summed E-state index contributed by atoms with van der Waals surface area (Å²) in [6, 6.07) is -0.147. The van der Waals surface area contributed by atoms with Gasteiger partial charge < -0.3 is 25.6 Å². The molecule has 0 aromatic heterocycles. The molecule has 6 nitrogen and oxygen atoms in total. The van der Waals surface area contributed by atoms with E-state index in [-0.39, 0.29) is 18.4 Å². The zero-order chi connectivity index (χ0) is 10.4. The molecule has 0 bridgehead atoms. The minimum Gasteiger partial charge on any atom is -0.393 e. The zero-order valence-electron chi connectivity index (χ0n) is 8.31. The van der Waals surface area contributed by atoms with E-state index in [0.29, 0.717) is 19.8 Å². The van der Waals surface area contributed by atoms with Gasteiger partial charge in [0.1, 0.15) is 0 Å². The number of rotatable bonds is 3. The van der Waals surface area contributed by atoms with Crippen LogP contribution >= 0.6 is 12.4 Å². The van der Waals surface area contributed by atoms with Gasteiger partial charge in [-0.2, -0.15) is 0 Å². The maximum absolute atomic E-state index is 11.2. The molecular formula is C8H17ClN2O4. The van der Waals surface area contributed by atoms with Crippen molar-refractivity contribution in [3.05, 3.63) is 0 Å². The van der Waals surface area contributed by atoms with E-state index < -0.39 is 18.6 Å². The van der Waals surface area contributed by atoms with Crippen LogP contribution in [0.15, 0.2) is 0 Å². The highest BCUT2D eigenvalue weighted by molar-refractivity contribution is 5.85. The molecule has 1 amide bonds. The standard InChI is InChI=1S/C8H16N2O4.ClH/c11-4-7(12)8(13)10-6-3-9-1-2-14-5-6;/h6-7,9,11-12H,1-5H2,(H,10,13);1H. The molecule has 1 saturated heterocycles. The molecule has 2 atom stereocenters. The molecule has 1 rings (SSSR count). The normalized spacial score (nSPS) is 23.5. The topological polar surface area (TPSA) is 90.8 Å². The maximum Gasteiger partial charge on any atom is 0.251 e. The summed E-state index contributed by atoms with van der Waals surface area (Å²) in [5, 5.41) is 23.2. The largest absolute Gasteiger partial charge is 0.393 e. The number of carbonyl (C=O) groups excluding carboxylic acids is 1. The Hall–Kier alpha value is -0.400. The summed E-state index contributed by atoms with van der Waals surface area (Å²) in [6.07, 6.45) is -1.35. The third-order valence-corrected chi connectivity index (χ3v) is 1.95. The number of ether oxygens (including phenoxy) is 1. The first-order valence-electron chi connectivity index (χ1n) is 4.62. The van der Waals surface area contributed by atoms with Gasteiger partial charge in [-0.25, -0.2) is 0 Å². The third kappa shape index (κ3) is 5.29. The van der Waals surface area contributed by atoms with E-state index in [1.54, 1.807) is 0 Å². The molecule has 1 fully saturated rings. The number of aliphatic hydroxyl groups excluding tert-OH is 2. The van der Waals surface area contributed by atoms with Crippen LogP contribution in [0.3, 0.4) is 0 Å². The van der Waals surface area contributed by atoms with E-state index in [1.807, 2.05) is 0 Å². The van der Waals surface area contributed by atoms with Crippen LogP contribution in [0.5, 0.6) is 0 Å². The van der Waals surface area contributed by atoms with Crippen LogP contribution in [0.1, 0.15) is 0 Å². The lowest BCUT2D eigenvalue weighted by Crippen LogP contribution is -2.48. The highest BCUT2D eigenvalue weighted by Crippen LogP contribution is 1.91. The predicted molar refractivity (Wildman–Crippen MR) is 56.0 cm³/mol. The lowest BCUT2D eigenvalue weighted by Gasteiger charge is -2.17. The second-order valence-corrected chi connectivity index (χ2v) is 3.18. The first-order valence-corrected chi connectivity index (χ1v) is 4.62. The Morgan fingerprint density at radius 2 is 2.40 bits per heavy atom. The molecule has 7 heteroatoms. The monoisotopic (exact) mass is 240 g/mol. The highest BCUT2D eigenvalue weighted by Gasteiger charge is 2.19. The van der Waals surface area contributed by atoms with Crippen LogP contribution in [-0.4, -0.2) is 61.2 Å². The molecule has 4 N–H and O–H groups in total. The highest BCUT2D eigenvalue weighted by atomic mass is 35.5. The minimum absolute atomic E-state index is 0. The summed E-state index contributed by atoms with van der Waals surface area (Å²) in [5.74, 6) is -0.565. The summed E-state index contributed by atoms with van der Waals surface area (Å²) in [7, 11) is 0. The van der Waals surface area contributed by atoms with E-state index >= 15 is 0 Å². The number of hydrogen-bond donors (Lipinski definition) is 4. The van der Waals surface area contributed by atoms with E-state index in [2.05, 4.69) is 10.6 Å². The zero-order valence-corrected chi connectivity index (χ0v) is 9.13. The van der Waals surface area contributed by atoms with Crippen molar-refractivity contribution in [2.24, 2.45) is 0 Å². The van der Waals surface area contributed by atoms with Crippen LogP contribution < -0.4 is 10.6 Å². The van der Waals surface area contributed by atoms with Crippen molar-refractivity contribution in [3.63, 3.8) is 0 Å². The molecule has 0 aromatic carbocycles. The number of carbonyl (C=O) groups is 1. The molecule has 0 aliphatic carbocycles. The second kappa shape index (κ2) is 7.84. The van der Waals surface area contributed by atoms with Gasteiger partial charge in [-0.3, -0.25) is 4.79 Å². The SMILES string of the molecule is Cl.O=C(NC1CNCCOC1)C(O)CO. The Kier molecular flexibility index (Phi) is 7.63. The molecule has 0 radical (unpaired) electrons. The van der Waals surface area contributed by atoms with Crippen LogP contribution in [0.25, 0.3) is 0 Å². The van der Waals surface area contributed by atoms with Crippen molar-refractivity contribution in [1.29, 1.82) is 0 Å². The number of amides is 1. The molecule has 1 heterocycles. The smallest absolute Gasteiger partial charge is 0.251 e. The molecule has 0 saturated carbocycles. The van der Waals surface area contributed by atoms with Crippen molar-refractivity contribution in [2.45, 2.75) is 12.1 Å². The van der Waals surface area contributed by atoms with E-state index in [0.717, 1.165) is 6.54 Å². The van der Waals surface area contributed by atoms with Crippen molar-refractivity contribution in [2.75, 3.05) is 32.9 Å². The number of halogens is 1. The van der Waals surface area contributed by atoms with Crippen molar-refractivity contribution in [3.8, 4) is 0 Å². The second-order valence-electron chi connectivity index (χ2n) is 3.18. The summed E-state index contributed by atoms with van der Waals surface area (Å²) < 4.78 is 5.20. The lowest BCUT2D eigenvalue weighted by molar-refractivity contribution is -0.132. The van der Waals surface area contributed by atoms with Gasteiger partial charge in [0.25, 0.3) is 5.91 Å². The van der Waals surface area contributed by atoms with E-state index in [1.165, 1.54) is 0 Å². The Labute approximate surface area is 94.4 Å². The first-order chi connectivity index (χ1) is 6.74. The molecule has 0 spiro atoms. The van der Waals surface area contributed by atoms with Crippen molar-refractivity contribution < 1.29 is 19.7 Å². The average molecular weight is 241 g/mol. The number of aliphatic hydroxyl groups is 2. The van der Waals surface area contributed by atoms with Gasteiger partial charge >= 0.3 is 0 Å². The Morgan fingerprint density at radius 3 is 3.07 bits per heavy atom. The van der Waals surface area contributed by atoms with Gasteiger partial charge in [-0.1, -0.05) is 0 Å². The first kappa shape index (κ1) is 14.6. The molecule has 1 aliphatic rings. The minimum atomic E-state index is -1.35. The summed E-state index contributed by atoms with van der Waals surface area (Å²) in [6.45, 7) is 1.86. The van der Waals surface area contributed by atoms with Gasteiger partial charge in [0.15, 0.2) is 6.10 Å². The fraction of sp³-hybridized carbons (Fsp3) is 0.875. The molecular weight excluding hydrogens is 224 g/mol. The summed E-state index contributed by atoms with van der Waals surface area (Å²) in [5.41, 5.74) is 0. The van der Waals surface area contributed by atoms with Crippen LogP contribution in [-0.2, 0) is 9.53 Å². The van der Waals surface area contributed by atoms with Gasteiger partial charge in [0.05, 0.1) is 25.9 Å². The van der Waals surface area contributed by atoms with Crippen LogP contribution in [0.4, 0.5) is 0 Å². The number of nitrogens with one attached hydrogen (secondary N) is 2. The average Bonchev–Trinajstić information content (AvgIpc) is 2.45. The molecule has 0 aromatic rings. The van der Waals surface area contributed by atoms with Crippen molar-refractivity contribution >= 4 is 18.3 Å². The Bertz CT molecular complexity index is 185. The molecule has 15 heavy (non-hydrogen) atoms. The van der Waals surface area contributed by atoms with Crippen LogP contribution in [0, 0.1) is 0 Å². The quantitative estimate of drug-likeness (QED) is 0.452. The van der Waals surface area contributed by atoms with E-state index in [9.17, 15) is 4.79 Å². The predicted octanol–water partition coefficient (Wildman–Crippen LogP) is -2.13. The summed E-state index contributed by atoms with van der Waals surface area (Å²) >= 11 is 0. The number of hydrogen-bond acceptors (Lipinski definition) is 5. The van der Waals surface area contributed by atoms with E-state index in [4.69, 9.17) is 14.9 Å². The maximum atomic E-state index is 11.2. The van der Waals surface area contributed by atoms with Gasteiger partial charge in [-0.15, -0.1) is 12.4 Å². The lowest BCUT2D eigenvalue weighted by atomic mass is 10.2. The van der Waals surface area contributed by atoms with Crippen LogP contribution in [0.2, 0.25) is 0 Å². The van der Waals surface area contributed by atoms with Gasteiger partial charge in [-0.05, 0) is 0 Å².